The molecule has 0 aliphatic carbocycles. The van der Waals surface area contributed by atoms with Crippen LogP contribution in [0, 0.1) is 5.92 Å². The summed E-state index contributed by atoms with van der Waals surface area (Å²) in [5.41, 5.74) is 0. The summed E-state index contributed by atoms with van der Waals surface area (Å²) in [6, 6.07) is 1.98. The SMILES string of the molecule is CC(C)c1noc(C2CCN(C(=O)Nc3ccnn3[C@H](C)C(C)C)CC2)n1. The summed E-state index contributed by atoms with van der Waals surface area (Å²) in [6.07, 6.45) is 3.38. The Morgan fingerprint density at radius 3 is 2.52 bits per heavy atom. The standard InChI is InChI=1S/C19H30N6O2/c1-12(2)14(5)25-16(6-9-20-25)21-19(26)24-10-7-15(8-11-24)18-22-17(13(3)4)23-27-18/h6,9,12-15H,7-8,10-11H2,1-5H3,(H,21,26)/t14-/m1/s1. The number of amides is 2. The molecule has 8 nitrogen and oxygen atoms in total. The van der Waals surface area contributed by atoms with E-state index >= 15 is 0 Å². The number of hydrogen-bond acceptors (Lipinski definition) is 5. The van der Waals surface area contributed by atoms with Crippen LogP contribution in [0.15, 0.2) is 16.8 Å². The third-order valence-electron chi connectivity index (χ3n) is 5.36. The quantitative estimate of drug-likeness (QED) is 0.854. The average molecular weight is 374 g/mol. The van der Waals surface area contributed by atoms with Gasteiger partial charge in [0.15, 0.2) is 5.82 Å². The number of rotatable bonds is 5. The van der Waals surface area contributed by atoms with Crippen molar-refractivity contribution < 1.29 is 9.32 Å². The number of piperidine rings is 1. The highest BCUT2D eigenvalue weighted by molar-refractivity contribution is 5.88. The van der Waals surface area contributed by atoms with Gasteiger partial charge in [0.1, 0.15) is 5.82 Å². The Morgan fingerprint density at radius 1 is 1.22 bits per heavy atom. The molecule has 1 saturated heterocycles. The monoisotopic (exact) mass is 374 g/mol. The lowest BCUT2D eigenvalue weighted by Gasteiger charge is -2.30. The Kier molecular flexibility index (Phi) is 5.82. The second-order valence-corrected chi connectivity index (χ2v) is 7.98. The van der Waals surface area contributed by atoms with Crippen molar-refractivity contribution in [2.24, 2.45) is 5.92 Å². The molecule has 0 spiro atoms. The van der Waals surface area contributed by atoms with Crippen LogP contribution in [0.4, 0.5) is 10.6 Å². The maximum Gasteiger partial charge on any atom is 0.322 e. The van der Waals surface area contributed by atoms with Gasteiger partial charge < -0.3 is 9.42 Å². The van der Waals surface area contributed by atoms with Gasteiger partial charge in [-0.3, -0.25) is 5.32 Å². The van der Waals surface area contributed by atoms with Crippen molar-refractivity contribution in [3.63, 3.8) is 0 Å². The molecule has 0 radical (unpaired) electrons. The van der Waals surface area contributed by atoms with Crippen LogP contribution in [0.2, 0.25) is 0 Å². The summed E-state index contributed by atoms with van der Waals surface area (Å²) in [7, 11) is 0. The first-order chi connectivity index (χ1) is 12.9. The number of carbonyl (C=O) groups excluding carboxylic acids is 1. The molecule has 1 atom stereocenters. The Labute approximate surface area is 160 Å². The van der Waals surface area contributed by atoms with E-state index in [0.717, 1.165) is 24.5 Å². The molecule has 148 valence electrons. The highest BCUT2D eigenvalue weighted by atomic mass is 16.5. The molecule has 0 aromatic carbocycles. The van der Waals surface area contributed by atoms with E-state index in [0.29, 0.717) is 24.9 Å². The highest BCUT2D eigenvalue weighted by Gasteiger charge is 2.28. The van der Waals surface area contributed by atoms with Crippen molar-refractivity contribution >= 4 is 11.8 Å². The molecule has 0 saturated carbocycles. The fourth-order valence-corrected chi connectivity index (χ4v) is 3.19. The first kappa shape index (κ1) is 19.4. The topological polar surface area (TPSA) is 89.1 Å². The van der Waals surface area contributed by atoms with Gasteiger partial charge in [-0.05, 0) is 25.7 Å². The maximum atomic E-state index is 12.7. The van der Waals surface area contributed by atoms with Crippen LogP contribution in [0.5, 0.6) is 0 Å². The van der Waals surface area contributed by atoms with Crippen molar-refractivity contribution in [1.82, 2.24) is 24.8 Å². The van der Waals surface area contributed by atoms with Crippen LogP contribution in [-0.2, 0) is 0 Å². The minimum absolute atomic E-state index is 0.0837. The molecule has 1 aliphatic heterocycles. The van der Waals surface area contributed by atoms with Gasteiger partial charge in [-0.1, -0.05) is 32.9 Å². The number of likely N-dealkylation sites (tertiary alicyclic amines) is 1. The predicted molar refractivity (Wildman–Crippen MR) is 103 cm³/mol. The van der Waals surface area contributed by atoms with Crippen molar-refractivity contribution in [3.8, 4) is 0 Å². The Balaban J connectivity index is 1.57. The number of nitrogens with zero attached hydrogens (tertiary/aromatic N) is 5. The van der Waals surface area contributed by atoms with Crippen molar-refractivity contribution in [1.29, 1.82) is 0 Å². The highest BCUT2D eigenvalue weighted by Crippen LogP contribution is 2.28. The van der Waals surface area contributed by atoms with Gasteiger partial charge in [-0.2, -0.15) is 10.1 Å². The summed E-state index contributed by atoms with van der Waals surface area (Å²) in [5.74, 6) is 3.09. The zero-order valence-corrected chi connectivity index (χ0v) is 16.8. The van der Waals surface area contributed by atoms with Gasteiger partial charge in [0, 0.05) is 31.0 Å². The summed E-state index contributed by atoms with van der Waals surface area (Å²) < 4.78 is 7.30. The van der Waals surface area contributed by atoms with Crippen LogP contribution >= 0.6 is 0 Å². The lowest BCUT2D eigenvalue weighted by Crippen LogP contribution is -2.41. The van der Waals surface area contributed by atoms with Gasteiger partial charge >= 0.3 is 6.03 Å². The predicted octanol–water partition coefficient (Wildman–Crippen LogP) is 4.02. The molecule has 1 N–H and O–H groups in total. The third-order valence-corrected chi connectivity index (χ3v) is 5.36. The normalized spacial score (nSPS) is 16.9. The van der Waals surface area contributed by atoms with Crippen LogP contribution in [0.1, 0.15) is 77.1 Å². The second-order valence-electron chi connectivity index (χ2n) is 7.98. The lowest BCUT2D eigenvalue weighted by molar-refractivity contribution is 0.187. The fourth-order valence-electron chi connectivity index (χ4n) is 3.19. The van der Waals surface area contributed by atoms with E-state index in [9.17, 15) is 4.79 Å². The molecule has 3 heterocycles. The van der Waals surface area contributed by atoms with E-state index in [4.69, 9.17) is 4.52 Å². The van der Waals surface area contributed by atoms with E-state index < -0.39 is 0 Å². The van der Waals surface area contributed by atoms with Gasteiger partial charge in [-0.25, -0.2) is 9.48 Å². The van der Waals surface area contributed by atoms with Gasteiger partial charge in [0.25, 0.3) is 0 Å². The van der Waals surface area contributed by atoms with Crippen molar-refractivity contribution in [2.75, 3.05) is 18.4 Å². The minimum Gasteiger partial charge on any atom is -0.339 e. The molecular formula is C19H30N6O2. The van der Waals surface area contributed by atoms with Gasteiger partial charge in [-0.15, -0.1) is 0 Å². The molecule has 8 heteroatoms. The van der Waals surface area contributed by atoms with Crippen LogP contribution in [0.25, 0.3) is 0 Å². The maximum absolute atomic E-state index is 12.7. The summed E-state index contributed by atoms with van der Waals surface area (Å²) >= 11 is 0. The molecule has 1 aliphatic rings. The van der Waals surface area contributed by atoms with E-state index in [1.165, 1.54) is 0 Å². The Bertz CT molecular complexity index is 758. The zero-order valence-electron chi connectivity index (χ0n) is 16.8. The Morgan fingerprint density at radius 2 is 1.93 bits per heavy atom. The first-order valence-corrected chi connectivity index (χ1v) is 9.79. The number of urea groups is 1. The fraction of sp³-hybridized carbons (Fsp3) is 0.684. The molecule has 0 unspecified atom stereocenters. The second kappa shape index (κ2) is 8.10. The molecule has 3 rings (SSSR count). The van der Waals surface area contributed by atoms with E-state index in [-0.39, 0.29) is 23.9 Å². The summed E-state index contributed by atoms with van der Waals surface area (Å²) in [6.45, 7) is 11.8. The van der Waals surface area contributed by atoms with E-state index in [1.807, 2.05) is 29.5 Å². The molecule has 2 amide bonds. The van der Waals surface area contributed by atoms with Crippen molar-refractivity contribution in [3.05, 3.63) is 24.0 Å². The van der Waals surface area contributed by atoms with Crippen LogP contribution in [-0.4, -0.2) is 43.9 Å². The van der Waals surface area contributed by atoms with Crippen LogP contribution < -0.4 is 5.32 Å². The number of hydrogen-bond donors (Lipinski definition) is 1. The number of aromatic nitrogens is 4. The number of carbonyl (C=O) groups is 1. The molecular weight excluding hydrogens is 344 g/mol. The summed E-state index contributed by atoms with van der Waals surface area (Å²) in [4.78, 5) is 19.0. The van der Waals surface area contributed by atoms with Gasteiger partial charge in [0.2, 0.25) is 5.89 Å². The van der Waals surface area contributed by atoms with E-state index in [2.05, 4.69) is 41.3 Å². The number of anilines is 1. The van der Waals surface area contributed by atoms with E-state index in [1.54, 1.807) is 6.20 Å². The first-order valence-electron chi connectivity index (χ1n) is 9.79. The lowest BCUT2D eigenvalue weighted by atomic mass is 9.97. The molecule has 0 bridgehead atoms. The third kappa shape index (κ3) is 4.31. The zero-order chi connectivity index (χ0) is 19.6. The summed E-state index contributed by atoms with van der Waals surface area (Å²) in [5, 5.41) is 11.4. The molecule has 2 aromatic rings. The Hall–Kier alpha value is -2.38. The molecule has 2 aromatic heterocycles. The average Bonchev–Trinajstić information content (AvgIpc) is 3.30. The van der Waals surface area contributed by atoms with Crippen LogP contribution in [0.3, 0.4) is 0 Å². The smallest absolute Gasteiger partial charge is 0.322 e. The minimum atomic E-state index is -0.0837. The van der Waals surface area contributed by atoms with Crippen molar-refractivity contribution in [2.45, 2.75) is 65.3 Å². The molecule has 27 heavy (non-hydrogen) atoms. The number of nitrogens with one attached hydrogen (secondary N) is 1. The molecule has 1 fully saturated rings. The van der Waals surface area contributed by atoms with Gasteiger partial charge in [0.05, 0.1) is 12.2 Å². The largest absolute Gasteiger partial charge is 0.339 e.